The van der Waals surface area contributed by atoms with Gasteiger partial charge in [0.2, 0.25) is 11.8 Å². The minimum atomic E-state index is -0.0469. The third-order valence-electron chi connectivity index (χ3n) is 6.18. The van der Waals surface area contributed by atoms with Gasteiger partial charge >= 0.3 is 0 Å². The molecular formula is C31H32N4O2. The number of para-hydroxylation sites is 2. The second kappa shape index (κ2) is 12.5. The van der Waals surface area contributed by atoms with E-state index in [1.54, 1.807) is 17.1 Å². The molecule has 1 aromatic heterocycles. The number of imidazole rings is 1. The molecule has 0 aliphatic rings. The van der Waals surface area contributed by atoms with Crippen molar-refractivity contribution in [3.8, 4) is 11.1 Å². The molecule has 0 saturated heterocycles. The highest BCUT2D eigenvalue weighted by atomic mass is 16.2. The fourth-order valence-electron chi connectivity index (χ4n) is 4.33. The van der Waals surface area contributed by atoms with Crippen molar-refractivity contribution < 1.29 is 9.59 Å². The summed E-state index contributed by atoms with van der Waals surface area (Å²) in [4.78, 5) is 32.0. The summed E-state index contributed by atoms with van der Waals surface area (Å²) in [6.07, 6.45) is 4.24. The Kier molecular flexibility index (Phi) is 8.66. The Bertz CT molecular complexity index is 1360. The van der Waals surface area contributed by atoms with Crippen molar-refractivity contribution in [2.75, 3.05) is 19.6 Å². The summed E-state index contributed by atoms with van der Waals surface area (Å²) >= 11 is 0. The van der Waals surface area contributed by atoms with E-state index in [0.29, 0.717) is 32.5 Å². The van der Waals surface area contributed by atoms with Crippen LogP contribution < -0.4 is 5.32 Å². The van der Waals surface area contributed by atoms with Crippen LogP contribution in [0.4, 0.5) is 0 Å². The van der Waals surface area contributed by atoms with Crippen LogP contribution in [-0.4, -0.2) is 45.9 Å². The van der Waals surface area contributed by atoms with Crippen molar-refractivity contribution in [2.24, 2.45) is 0 Å². The van der Waals surface area contributed by atoms with Crippen LogP contribution in [0.25, 0.3) is 22.2 Å². The topological polar surface area (TPSA) is 67.2 Å². The smallest absolute Gasteiger partial charge is 0.243 e. The van der Waals surface area contributed by atoms with E-state index in [-0.39, 0.29) is 18.4 Å². The fourth-order valence-corrected chi connectivity index (χ4v) is 4.33. The molecule has 0 radical (unpaired) electrons. The molecule has 0 spiro atoms. The molecule has 0 aliphatic carbocycles. The van der Waals surface area contributed by atoms with Gasteiger partial charge in [0.25, 0.3) is 0 Å². The molecule has 0 fully saturated rings. The van der Waals surface area contributed by atoms with Crippen LogP contribution in [-0.2, 0) is 29.0 Å². The van der Waals surface area contributed by atoms with E-state index in [4.69, 9.17) is 4.98 Å². The third-order valence-corrected chi connectivity index (χ3v) is 6.18. The second-order valence-corrected chi connectivity index (χ2v) is 8.82. The van der Waals surface area contributed by atoms with Crippen molar-refractivity contribution in [3.05, 3.63) is 116 Å². The summed E-state index contributed by atoms with van der Waals surface area (Å²) < 4.78 is 1.94. The van der Waals surface area contributed by atoms with Crippen molar-refractivity contribution >= 4 is 22.8 Å². The van der Waals surface area contributed by atoms with Gasteiger partial charge in [-0.25, -0.2) is 4.98 Å². The van der Waals surface area contributed by atoms with Crippen molar-refractivity contribution in [1.29, 1.82) is 0 Å². The lowest BCUT2D eigenvalue weighted by Crippen LogP contribution is -2.34. The maximum absolute atomic E-state index is 13.0. The molecule has 37 heavy (non-hydrogen) atoms. The van der Waals surface area contributed by atoms with Gasteiger partial charge in [-0.15, -0.1) is 13.2 Å². The van der Waals surface area contributed by atoms with Crippen LogP contribution in [0.2, 0.25) is 0 Å². The van der Waals surface area contributed by atoms with Gasteiger partial charge in [0.05, 0.1) is 17.5 Å². The Labute approximate surface area is 217 Å². The molecule has 1 N–H and O–H groups in total. The van der Waals surface area contributed by atoms with E-state index >= 15 is 0 Å². The van der Waals surface area contributed by atoms with Gasteiger partial charge in [-0.3, -0.25) is 9.59 Å². The highest BCUT2D eigenvalue weighted by Crippen LogP contribution is 2.20. The maximum Gasteiger partial charge on any atom is 0.243 e. The number of rotatable bonds is 12. The van der Waals surface area contributed by atoms with Gasteiger partial charge in [0.1, 0.15) is 12.4 Å². The normalized spacial score (nSPS) is 10.7. The van der Waals surface area contributed by atoms with Gasteiger partial charge in [0, 0.05) is 26.1 Å². The van der Waals surface area contributed by atoms with Gasteiger partial charge < -0.3 is 14.8 Å². The summed E-state index contributed by atoms with van der Waals surface area (Å²) in [5.74, 6) is 0.681. The number of nitrogens with one attached hydrogen (secondary N) is 1. The lowest BCUT2D eigenvalue weighted by Gasteiger charge is -2.20. The minimum absolute atomic E-state index is 0.0350. The number of hydrogen-bond acceptors (Lipinski definition) is 3. The molecule has 0 aliphatic heterocycles. The maximum atomic E-state index is 13.0. The van der Waals surface area contributed by atoms with Gasteiger partial charge in [-0.2, -0.15) is 0 Å². The number of carbonyl (C=O) groups excluding carboxylic acids is 2. The molecule has 188 valence electrons. The highest BCUT2D eigenvalue weighted by Gasteiger charge is 2.17. The molecule has 1 heterocycles. The van der Waals surface area contributed by atoms with Crippen LogP contribution >= 0.6 is 0 Å². The first-order valence-electron chi connectivity index (χ1n) is 12.4. The number of benzene rings is 3. The van der Waals surface area contributed by atoms with E-state index in [0.717, 1.165) is 33.5 Å². The van der Waals surface area contributed by atoms with Crippen molar-refractivity contribution in [2.45, 2.75) is 19.4 Å². The van der Waals surface area contributed by atoms with E-state index < -0.39 is 0 Å². The lowest BCUT2D eigenvalue weighted by molar-refractivity contribution is -0.130. The Balaban J connectivity index is 1.38. The van der Waals surface area contributed by atoms with Crippen LogP contribution in [0.3, 0.4) is 0 Å². The number of amides is 2. The molecule has 0 unspecified atom stereocenters. The Hall–Kier alpha value is -4.45. The first-order chi connectivity index (χ1) is 18.1. The first-order valence-corrected chi connectivity index (χ1v) is 12.4. The fraction of sp³-hybridized carbons (Fsp3) is 0.194. The van der Waals surface area contributed by atoms with Crippen LogP contribution in [0, 0.1) is 0 Å². The monoisotopic (exact) mass is 492 g/mol. The van der Waals surface area contributed by atoms with E-state index in [2.05, 4.69) is 30.6 Å². The predicted molar refractivity (Wildman–Crippen MR) is 149 cm³/mol. The van der Waals surface area contributed by atoms with Crippen LogP contribution in [0.1, 0.15) is 11.4 Å². The van der Waals surface area contributed by atoms with Gasteiger partial charge in [-0.1, -0.05) is 78.9 Å². The zero-order chi connectivity index (χ0) is 26.0. The number of fused-ring (bicyclic) bond motifs is 1. The van der Waals surface area contributed by atoms with Gasteiger partial charge in [-0.05, 0) is 28.8 Å². The average molecular weight is 493 g/mol. The number of aromatic nitrogens is 2. The van der Waals surface area contributed by atoms with E-state index in [1.165, 1.54) is 0 Å². The standard InChI is InChI=1S/C31H32N4O2/c1-3-20-34(21-4-2)31(37)23-35-28-13-9-8-12-27(28)33-29(35)18-19-32-30(36)22-24-14-16-26(17-15-24)25-10-6-5-7-11-25/h3-17H,1-2,18-23H2,(H,32,36). The molecule has 4 aromatic rings. The quantitative estimate of drug-likeness (QED) is 0.289. The summed E-state index contributed by atoms with van der Waals surface area (Å²) in [5.41, 5.74) is 4.96. The third kappa shape index (κ3) is 6.61. The highest BCUT2D eigenvalue weighted by molar-refractivity contribution is 5.81. The molecule has 6 heteroatoms. The number of hydrogen-bond donors (Lipinski definition) is 1. The van der Waals surface area contributed by atoms with Gasteiger partial charge in [0.15, 0.2) is 0 Å². The van der Waals surface area contributed by atoms with Crippen molar-refractivity contribution in [1.82, 2.24) is 19.8 Å². The molecule has 4 rings (SSSR count). The molecule has 0 bridgehead atoms. The zero-order valence-electron chi connectivity index (χ0n) is 21.0. The molecule has 0 atom stereocenters. The Morgan fingerprint density at radius 1 is 0.865 bits per heavy atom. The largest absolute Gasteiger partial charge is 0.355 e. The molecule has 3 aromatic carbocycles. The Morgan fingerprint density at radius 2 is 1.51 bits per heavy atom. The summed E-state index contributed by atoms with van der Waals surface area (Å²) in [5, 5.41) is 3.00. The summed E-state index contributed by atoms with van der Waals surface area (Å²) in [6.45, 7) is 9.00. The summed E-state index contributed by atoms with van der Waals surface area (Å²) in [6, 6.07) is 26.0. The second-order valence-electron chi connectivity index (χ2n) is 8.82. The predicted octanol–water partition coefficient (Wildman–Crippen LogP) is 4.81. The molecule has 2 amide bonds. The Morgan fingerprint density at radius 3 is 2.22 bits per heavy atom. The first kappa shape index (κ1) is 25.6. The SMILES string of the molecule is C=CCN(CC=C)C(=O)Cn1c(CCNC(=O)Cc2ccc(-c3ccccc3)cc2)nc2ccccc21. The zero-order valence-corrected chi connectivity index (χ0v) is 21.0. The van der Waals surface area contributed by atoms with E-state index in [1.807, 2.05) is 71.3 Å². The summed E-state index contributed by atoms with van der Waals surface area (Å²) in [7, 11) is 0. The molecular weight excluding hydrogens is 460 g/mol. The minimum Gasteiger partial charge on any atom is -0.355 e. The lowest BCUT2D eigenvalue weighted by atomic mass is 10.0. The molecule has 0 saturated carbocycles. The van der Waals surface area contributed by atoms with Crippen LogP contribution in [0.15, 0.2) is 104 Å². The van der Waals surface area contributed by atoms with Crippen LogP contribution in [0.5, 0.6) is 0 Å². The number of nitrogens with zero attached hydrogens (tertiary/aromatic N) is 3. The van der Waals surface area contributed by atoms with E-state index in [9.17, 15) is 9.59 Å². The number of carbonyl (C=O) groups is 2. The molecule has 6 nitrogen and oxygen atoms in total. The van der Waals surface area contributed by atoms with Crippen molar-refractivity contribution in [3.63, 3.8) is 0 Å². The average Bonchev–Trinajstić information content (AvgIpc) is 3.26.